The summed E-state index contributed by atoms with van der Waals surface area (Å²) in [5.74, 6) is -0.288. The molecular formula is C18H20N4O4S2. The Morgan fingerprint density at radius 2 is 1.86 bits per heavy atom. The number of rotatable bonds is 7. The first-order valence-corrected chi connectivity index (χ1v) is 10.7. The van der Waals surface area contributed by atoms with Crippen molar-refractivity contribution in [1.82, 2.24) is 4.72 Å². The van der Waals surface area contributed by atoms with Crippen LogP contribution >= 0.6 is 0 Å². The van der Waals surface area contributed by atoms with Crippen LogP contribution in [0, 0.1) is 5.92 Å². The van der Waals surface area contributed by atoms with Crippen LogP contribution in [0.3, 0.4) is 0 Å². The zero-order valence-electron chi connectivity index (χ0n) is 15.5. The van der Waals surface area contributed by atoms with Gasteiger partial charge in [0.05, 0.1) is 24.2 Å². The number of carbonyl (C=O) groups is 1. The van der Waals surface area contributed by atoms with Crippen LogP contribution in [0.4, 0.5) is 17.1 Å². The Morgan fingerprint density at radius 1 is 1.11 bits per heavy atom. The molecule has 2 aromatic carbocycles. The van der Waals surface area contributed by atoms with Gasteiger partial charge in [-0.3, -0.25) is 4.79 Å². The van der Waals surface area contributed by atoms with Gasteiger partial charge in [-0.1, -0.05) is 32.0 Å². The molecular weight excluding hydrogens is 400 g/mol. The molecule has 1 aliphatic rings. The van der Waals surface area contributed by atoms with E-state index < -0.39 is 22.0 Å². The van der Waals surface area contributed by atoms with Crippen LogP contribution in [0.2, 0.25) is 0 Å². The Morgan fingerprint density at radius 3 is 2.57 bits per heavy atom. The number of ether oxygens (including phenoxy) is 1. The smallest absolute Gasteiger partial charge is 0.243 e. The normalized spacial score (nSPS) is 13.7. The van der Waals surface area contributed by atoms with Gasteiger partial charge < -0.3 is 10.1 Å². The van der Waals surface area contributed by atoms with Crippen molar-refractivity contribution >= 4 is 44.3 Å². The molecule has 28 heavy (non-hydrogen) atoms. The number of para-hydroxylation sites is 2. The molecule has 0 aliphatic carbocycles. The maximum atomic E-state index is 13.0. The van der Waals surface area contributed by atoms with Crippen LogP contribution in [0.5, 0.6) is 5.75 Å². The second kappa shape index (κ2) is 8.21. The third-order valence-corrected chi connectivity index (χ3v) is 6.15. The molecule has 148 valence electrons. The molecule has 2 aromatic rings. The summed E-state index contributed by atoms with van der Waals surface area (Å²) in [5.41, 5.74) is 1.24. The van der Waals surface area contributed by atoms with Crippen LogP contribution in [0.1, 0.15) is 13.8 Å². The lowest BCUT2D eigenvalue weighted by atomic mass is 10.0. The average Bonchev–Trinajstić information content (AvgIpc) is 3.15. The molecule has 0 saturated heterocycles. The first-order valence-electron chi connectivity index (χ1n) is 8.51. The maximum absolute atomic E-state index is 13.0. The van der Waals surface area contributed by atoms with Gasteiger partial charge in [0, 0.05) is 0 Å². The Bertz CT molecular complexity index is 1080. The quantitative estimate of drug-likeness (QED) is 0.611. The highest BCUT2D eigenvalue weighted by Crippen LogP contribution is 2.37. The van der Waals surface area contributed by atoms with Gasteiger partial charge in [0.25, 0.3) is 0 Å². The van der Waals surface area contributed by atoms with E-state index in [-0.39, 0.29) is 16.5 Å². The Balaban J connectivity index is 1.86. The molecule has 1 aliphatic heterocycles. The predicted molar refractivity (Wildman–Crippen MR) is 109 cm³/mol. The van der Waals surface area contributed by atoms with Crippen molar-refractivity contribution < 1.29 is 17.9 Å². The van der Waals surface area contributed by atoms with E-state index in [0.717, 1.165) is 11.4 Å². The highest BCUT2D eigenvalue weighted by molar-refractivity contribution is 7.89. The molecule has 0 radical (unpaired) electrons. The lowest BCUT2D eigenvalue weighted by Crippen LogP contribution is -2.47. The van der Waals surface area contributed by atoms with E-state index in [1.807, 2.05) is 0 Å². The van der Waals surface area contributed by atoms with Gasteiger partial charge in [0.15, 0.2) is 0 Å². The van der Waals surface area contributed by atoms with Crippen LogP contribution in [0.25, 0.3) is 0 Å². The van der Waals surface area contributed by atoms with E-state index in [9.17, 15) is 13.2 Å². The van der Waals surface area contributed by atoms with Crippen molar-refractivity contribution in [3.05, 3.63) is 42.5 Å². The molecule has 0 unspecified atom stereocenters. The Labute approximate surface area is 167 Å². The highest BCUT2D eigenvalue weighted by atomic mass is 32.2. The molecule has 1 atom stereocenters. The summed E-state index contributed by atoms with van der Waals surface area (Å²) >= 11 is 0.935. The summed E-state index contributed by atoms with van der Waals surface area (Å²) in [4.78, 5) is 12.8. The van der Waals surface area contributed by atoms with Gasteiger partial charge in [0.2, 0.25) is 15.9 Å². The molecule has 0 spiro atoms. The van der Waals surface area contributed by atoms with E-state index >= 15 is 0 Å². The molecule has 0 saturated carbocycles. The van der Waals surface area contributed by atoms with Crippen molar-refractivity contribution in [3.8, 4) is 5.75 Å². The standard InChI is InChI=1S/C18H20N4O4S2/c1-11(2)16(18(23)19-12-7-4-5-9-14(12)26-3)22-28(24,25)15-10-6-8-13-17(15)21-27-20-13/h4-11,16,22H,1-3H3,(H,19,23)/t16-/m0/s1. The summed E-state index contributed by atoms with van der Waals surface area (Å²) in [5, 5.41) is 2.73. The van der Waals surface area contributed by atoms with E-state index in [1.165, 1.54) is 13.2 Å². The van der Waals surface area contributed by atoms with Gasteiger partial charge in [-0.15, -0.1) is 0 Å². The summed E-state index contributed by atoms with van der Waals surface area (Å²) < 4.78 is 41.8. The van der Waals surface area contributed by atoms with Gasteiger partial charge in [0.1, 0.15) is 28.1 Å². The average molecular weight is 421 g/mol. The number of fused-ring (bicyclic) bond motifs is 1. The number of nitrogens with zero attached hydrogens (tertiary/aromatic N) is 2. The lowest BCUT2D eigenvalue weighted by molar-refractivity contribution is -0.118. The van der Waals surface area contributed by atoms with Crippen LogP contribution in [-0.2, 0) is 26.2 Å². The number of anilines is 1. The van der Waals surface area contributed by atoms with Crippen molar-refractivity contribution in [2.45, 2.75) is 24.8 Å². The zero-order chi connectivity index (χ0) is 20.3. The second-order valence-corrected chi connectivity index (χ2v) is 8.63. The number of benzene rings is 2. The fraction of sp³-hybridized carbons (Fsp3) is 0.278. The van der Waals surface area contributed by atoms with Crippen molar-refractivity contribution in [2.75, 3.05) is 12.4 Å². The SMILES string of the molecule is COc1ccccc1NC(=O)[C@@H](NS(=O)(=O)c1cccc2c1N=S=N2)C(C)C. The van der Waals surface area contributed by atoms with Crippen LogP contribution < -0.4 is 14.8 Å². The second-order valence-electron chi connectivity index (χ2n) is 6.42. The monoisotopic (exact) mass is 420 g/mol. The van der Waals surface area contributed by atoms with Gasteiger partial charge in [-0.2, -0.15) is 13.4 Å². The molecule has 1 heterocycles. The summed E-state index contributed by atoms with van der Waals surface area (Å²) in [6.07, 6.45) is 0. The Hall–Kier alpha value is -2.56. The minimum absolute atomic E-state index is 0.00510. The van der Waals surface area contributed by atoms with Gasteiger partial charge in [-0.05, 0) is 30.2 Å². The number of hydrogen-bond acceptors (Lipinski definition) is 6. The molecule has 2 N–H and O–H groups in total. The fourth-order valence-electron chi connectivity index (χ4n) is 2.68. The summed E-state index contributed by atoms with van der Waals surface area (Å²) in [7, 11) is -2.50. The summed E-state index contributed by atoms with van der Waals surface area (Å²) in [6.45, 7) is 3.53. The van der Waals surface area contributed by atoms with Crippen molar-refractivity contribution in [2.24, 2.45) is 14.6 Å². The Kier molecular flexibility index (Phi) is 5.92. The van der Waals surface area contributed by atoms with E-state index in [1.54, 1.807) is 50.2 Å². The van der Waals surface area contributed by atoms with Crippen molar-refractivity contribution in [3.63, 3.8) is 0 Å². The minimum atomic E-state index is -3.99. The van der Waals surface area contributed by atoms with E-state index in [0.29, 0.717) is 17.1 Å². The third kappa shape index (κ3) is 4.13. The number of amides is 1. The van der Waals surface area contributed by atoms with Gasteiger partial charge in [-0.25, -0.2) is 8.42 Å². The predicted octanol–water partition coefficient (Wildman–Crippen LogP) is 3.36. The lowest BCUT2D eigenvalue weighted by Gasteiger charge is -2.22. The molecule has 0 bridgehead atoms. The van der Waals surface area contributed by atoms with E-state index in [2.05, 4.69) is 18.8 Å². The molecule has 3 rings (SSSR count). The fourth-order valence-corrected chi connectivity index (χ4v) is 4.79. The molecule has 0 fully saturated rings. The van der Waals surface area contributed by atoms with Crippen molar-refractivity contribution in [1.29, 1.82) is 0 Å². The number of nitrogens with one attached hydrogen (secondary N) is 2. The minimum Gasteiger partial charge on any atom is -0.495 e. The molecule has 10 heteroatoms. The van der Waals surface area contributed by atoms with Crippen LogP contribution in [-0.4, -0.2) is 27.5 Å². The largest absolute Gasteiger partial charge is 0.495 e. The molecule has 0 aromatic heterocycles. The third-order valence-electron chi connectivity index (χ3n) is 4.13. The number of hydrogen-bond donors (Lipinski definition) is 2. The number of methoxy groups -OCH3 is 1. The maximum Gasteiger partial charge on any atom is 0.243 e. The van der Waals surface area contributed by atoms with E-state index in [4.69, 9.17) is 4.74 Å². The van der Waals surface area contributed by atoms with Gasteiger partial charge >= 0.3 is 0 Å². The molecule has 1 amide bonds. The zero-order valence-corrected chi connectivity index (χ0v) is 17.2. The summed E-state index contributed by atoms with van der Waals surface area (Å²) in [6, 6.07) is 10.7. The van der Waals surface area contributed by atoms with Crippen LogP contribution in [0.15, 0.2) is 56.1 Å². The number of sulfonamides is 1. The molecule has 8 nitrogen and oxygen atoms in total. The first kappa shape index (κ1) is 20.2. The first-order chi connectivity index (χ1) is 13.3. The topological polar surface area (TPSA) is 109 Å². The number of carbonyl (C=O) groups excluding carboxylic acids is 1. The highest BCUT2D eigenvalue weighted by Gasteiger charge is 2.31.